The van der Waals surface area contributed by atoms with E-state index in [4.69, 9.17) is 0 Å². The summed E-state index contributed by atoms with van der Waals surface area (Å²) in [5.74, 6) is 0. The average molecular weight is 257 g/mol. The zero-order valence-corrected chi connectivity index (χ0v) is 11.7. The molecule has 0 saturated carbocycles. The quantitative estimate of drug-likeness (QED) is 0.734. The normalized spacial score (nSPS) is 12.7. The number of aliphatic hydroxyl groups is 1. The van der Waals surface area contributed by atoms with Crippen LogP contribution in [0, 0.1) is 0 Å². The van der Waals surface area contributed by atoms with Gasteiger partial charge in [0, 0.05) is 5.39 Å². The van der Waals surface area contributed by atoms with Crippen molar-refractivity contribution in [3.8, 4) is 0 Å². The molecule has 2 rings (SSSR count). The maximum absolute atomic E-state index is 10.2. The fraction of sp³-hybridized carbons (Fsp3) is 0.471. The van der Waals surface area contributed by atoms with Gasteiger partial charge in [-0.2, -0.15) is 0 Å². The lowest BCUT2D eigenvalue weighted by molar-refractivity contribution is 0.159. The molecule has 1 unspecified atom stereocenters. The predicted molar refractivity (Wildman–Crippen MR) is 80.1 cm³/mol. The first-order valence-corrected chi connectivity index (χ1v) is 7.35. The van der Waals surface area contributed by atoms with Gasteiger partial charge in [-0.25, -0.2) is 0 Å². The van der Waals surface area contributed by atoms with E-state index >= 15 is 0 Å². The van der Waals surface area contributed by atoms with Gasteiger partial charge in [-0.1, -0.05) is 63.3 Å². The fourth-order valence-electron chi connectivity index (χ4n) is 2.36. The van der Waals surface area contributed by atoms with E-state index in [0.29, 0.717) is 0 Å². The van der Waals surface area contributed by atoms with Crippen molar-refractivity contribution < 1.29 is 5.11 Å². The predicted octanol–water partition coefficient (Wildman–Crippen LogP) is 4.63. The molecule has 19 heavy (non-hydrogen) atoms. The van der Waals surface area contributed by atoms with Gasteiger partial charge in [0.1, 0.15) is 0 Å². The number of nitrogens with zero attached hydrogens (tertiary/aromatic N) is 1. The van der Waals surface area contributed by atoms with Crippen molar-refractivity contribution in [1.29, 1.82) is 0 Å². The van der Waals surface area contributed by atoms with Crippen LogP contribution in [0.15, 0.2) is 36.4 Å². The maximum Gasteiger partial charge on any atom is 0.0960 e. The number of unbranched alkanes of at least 4 members (excludes halogenated alkanes) is 4. The SMILES string of the molecule is CCCCCCCC(O)c1ccc2ccccc2n1. The van der Waals surface area contributed by atoms with Gasteiger partial charge in [0.15, 0.2) is 0 Å². The lowest BCUT2D eigenvalue weighted by atomic mass is 10.0. The van der Waals surface area contributed by atoms with Crippen molar-refractivity contribution in [2.24, 2.45) is 0 Å². The Balaban J connectivity index is 1.91. The summed E-state index contributed by atoms with van der Waals surface area (Å²) in [6, 6.07) is 12.0. The Kier molecular flexibility index (Phi) is 5.34. The van der Waals surface area contributed by atoms with Gasteiger partial charge in [-0.3, -0.25) is 4.98 Å². The summed E-state index contributed by atoms with van der Waals surface area (Å²) in [6.07, 6.45) is 6.50. The Morgan fingerprint density at radius 3 is 2.63 bits per heavy atom. The van der Waals surface area contributed by atoms with Crippen molar-refractivity contribution in [2.75, 3.05) is 0 Å². The van der Waals surface area contributed by atoms with Gasteiger partial charge in [0.05, 0.1) is 17.3 Å². The summed E-state index contributed by atoms with van der Waals surface area (Å²) in [7, 11) is 0. The number of aromatic nitrogens is 1. The van der Waals surface area contributed by atoms with E-state index in [1.165, 1.54) is 25.7 Å². The Bertz CT molecular complexity index is 509. The van der Waals surface area contributed by atoms with Gasteiger partial charge >= 0.3 is 0 Å². The van der Waals surface area contributed by atoms with Gasteiger partial charge < -0.3 is 5.11 Å². The Morgan fingerprint density at radius 2 is 1.79 bits per heavy atom. The van der Waals surface area contributed by atoms with Crippen molar-refractivity contribution in [3.63, 3.8) is 0 Å². The molecule has 1 N–H and O–H groups in total. The Morgan fingerprint density at radius 1 is 1.00 bits per heavy atom. The first-order valence-electron chi connectivity index (χ1n) is 7.35. The van der Waals surface area contributed by atoms with Crippen LogP contribution in [0.4, 0.5) is 0 Å². The molecule has 2 nitrogen and oxygen atoms in total. The zero-order chi connectivity index (χ0) is 13.5. The highest BCUT2D eigenvalue weighted by Crippen LogP contribution is 2.21. The van der Waals surface area contributed by atoms with Crippen LogP contribution in [0.3, 0.4) is 0 Å². The number of fused-ring (bicyclic) bond motifs is 1. The molecule has 1 atom stereocenters. The first-order chi connectivity index (χ1) is 9.31. The maximum atomic E-state index is 10.2. The molecule has 0 saturated heterocycles. The second kappa shape index (κ2) is 7.25. The summed E-state index contributed by atoms with van der Waals surface area (Å²) in [5, 5.41) is 11.3. The zero-order valence-electron chi connectivity index (χ0n) is 11.7. The van der Waals surface area contributed by atoms with Crippen molar-refractivity contribution in [1.82, 2.24) is 4.98 Å². The largest absolute Gasteiger partial charge is 0.387 e. The van der Waals surface area contributed by atoms with Crippen LogP contribution in [0.1, 0.15) is 57.2 Å². The first kappa shape index (κ1) is 14.0. The number of para-hydroxylation sites is 1. The average Bonchev–Trinajstić information content (AvgIpc) is 2.46. The van der Waals surface area contributed by atoms with Crippen LogP contribution in [0.2, 0.25) is 0 Å². The van der Waals surface area contributed by atoms with E-state index in [1.807, 2.05) is 36.4 Å². The summed E-state index contributed by atoms with van der Waals surface area (Å²) in [4.78, 5) is 4.54. The van der Waals surface area contributed by atoms with Gasteiger partial charge in [0.2, 0.25) is 0 Å². The standard InChI is InChI=1S/C17H23NO/c1-2-3-4-5-6-11-17(19)16-13-12-14-9-7-8-10-15(14)18-16/h7-10,12-13,17,19H,2-6,11H2,1H3. The fourth-order valence-corrected chi connectivity index (χ4v) is 2.36. The van der Waals surface area contributed by atoms with Gasteiger partial charge in [-0.15, -0.1) is 0 Å². The molecular weight excluding hydrogens is 234 g/mol. The summed E-state index contributed by atoms with van der Waals surface area (Å²) >= 11 is 0. The van der Waals surface area contributed by atoms with Crippen LogP contribution in [0.25, 0.3) is 10.9 Å². The van der Waals surface area contributed by atoms with Crippen molar-refractivity contribution in [3.05, 3.63) is 42.1 Å². The van der Waals surface area contributed by atoms with Crippen molar-refractivity contribution in [2.45, 2.75) is 51.6 Å². The molecule has 2 aromatic rings. The van der Waals surface area contributed by atoms with Gasteiger partial charge in [-0.05, 0) is 18.6 Å². The minimum atomic E-state index is -0.425. The number of hydrogen-bond acceptors (Lipinski definition) is 2. The Labute approximate surface area is 115 Å². The summed E-state index contributed by atoms with van der Waals surface area (Å²) in [6.45, 7) is 2.22. The van der Waals surface area contributed by atoms with E-state index in [2.05, 4.69) is 11.9 Å². The molecule has 0 aliphatic carbocycles. The molecule has 2 heteroatoms. The number of hydrogen-bond donors (Lipinski definition) is 1. The topological polar surface area (TPSA) is 33.1 Å². The van der Waals surface area contributed by atoms with Crippen molar-refractivity contribution >= 4 is 10.9 Å². The smallest absolute Gasteiger partial charge is 0.0960 e. The van der Waals surface area contributed by atoms with Crippen LogP contribution in [0.5, 0.6) is 0 Å². The van der Waals surface area contributed by atoms with Crippen LogP contribution >= 0.6 is 0 Å². The van der Waals surface area contributed by atoms with E-state index in [9.17, 15) is 5.11 Å². The molecule has 0 bridgehead atoms. The molecule has 0 radical (unpaired) electrons. The highest BCUT2D eigenvalue weighted by molar-refractivity contribution is 5.78. The van der Waals surface area contributed by atoms with E-state index in [1.54, 1.807) is 0 Å². The highest BCUT2D eigenvalue weighted by atomic mass is 16.3. The van der Waals surface area contributed by atoms with Crippen LogP contribution < -0.4 is 0 Å². The molecule has 0 aliphatic heterocycles. The molecular formula is C17H23NO. The summed E-state index contributed by atoms with van der Waals surface area (Å²) < 4.78 is 0. The van der Waals surface area contributed by atoms with E-state index in [0.717, 1.165) is 29.4 Å². The second-order valence-corrected chi connectivity index (χ2v) is 5.15. The van der Waals surface area contributed by atoms with Crippen LogP contribution in [-0.2, 0) is 0 Å². The lowest BCUT2D eigenvalue weighted by Gasteiger charge is -2.10. The number of pyridine rings is 1. The molecule has 0 fully saturated rings. The summed E-state index contributed by atoms with van der Waals surface area (Å²) in [5.41, 5.74) is 1.76. The second-order valence-electron chi connectivity index (χ2n) is 5.15. The Hall–Kier alpha value is -1.41. The minimum Gasteiger partial charge on any atom is -0.387 e. The third kappa shape index (κ3) is 4.03. The lowest BCUT2D eigenvalue weighted by Crippen LogP contribution is -2.00. The third-order valence-electron chi connectivity index (χ3n) is 3.54. The monoisotopic (exact) mass is 257 g/mol. The molecule has 0 spiro atoms. The molecule has 1 aromatic heterocycles. The number of aliphatic hydroxyl groups excluding tert-OH is 1. The molecule has 1 heterocycles. The highest BCUT2D eigenvalue weighted by Gasteiger charge is 2.09. The number of benzene rings is 1. The molecule has 102 valence electrons. The molecule has 1 aromatic carbocycles. The van der Waals surface area contributed by atoms with E-state index in [-0.39, 0.29) is 0 Å². The molecule has 0 amide bonds. The van der Waals surface area contributed by atoms with E-state index < -0.39 is 6.10 Å². The third-order valence-corrected chi connectivity index (χ3v) is 3.54. The number of rotatable bonds is 7. The van der Waals surface area contributed by atoms with Crippen LogP contribution in [-0.4, -0.2) is 10.1 Å². The molecule has 0 aliphatic rings. The minimum absolute atomic E-state index is 0.425. The van der Waals surface area contributed by atoms with Gasteiger partial charge in [0.25, 0.3) is 0 Å².